The summed E-state index contributed by atoms with van der Waals surface area (Å²) in [4.78, 5) is 4.72. The number of para-hydroxylation sites is 2. The minimum absolute atomic E-state index is 0.598. The largest absolute Gasteiger partial charge is 0.371 e. The van der Waals surface area contributed by atoms with E-state index in [1.54, 1.807) is 0 Å². The first kappa shape index (κ1) is 13.0. The van der Waals surface area contributed by atoms with E-state index in [0.717, 1.165) is 13.1 Å². The summed E-state index contributed by atoms with van der Waals surface area (Å²) in [6.45, 7) is 4.81. The highest BCUT2D eigenvalue weighted by Gasteiger charge is 2.21. The Kier molecular flexibility index (Phi) is 3.36. The van der Waals surface area contributed by atoms with Crippen LogP contribution < -0.4 is 15.5 Å². The van der Waals surface area contributed by atoms with Crippen LogP contribution in [0.4, 0.5) is 17.1 Å². The van der Waals surface area contributed by atoms with Gasteiger partial charge in [0.25, 0.3) is 0 Å². The van der Waals surface area contributed by atoms with Crippen molar-refractivity contribution in [1.29, 1.82) is 0 Å². The van der Waals surface area contributed by atoms with E-state index in [-0.39, 0.29) is 0 Å². The van der Waals surface area contributed by atoms with Crippen molar-refractivity contribution < 1.29 is 0 Å². The second kappa shape index (κ2) is 5.17. The standard InChI is InChI=1S/C17H21N3/c1-13-11-14(12-18)7-8-15(13)20-10-9-19(2)16-5-3-4-6-17(16)20/h3-8,11H,9-10,12,18H2,1-2H3. The van der Waals surface area contributed by atoms with Crippen LogP contribution in [0.2, 0.25) is 0 Å². The molecule has 20 heavy (non-hydrogen) atoms. The van der Waals surface area contributed by atoms with E-state index in [4.69, 9.17) is 5.73 Å². The number of benzene rings is 2. The molecule has 2 aromatic carbocycles. The molecule has 1 aliphatic heterocycles. The molecular weight excluding hydrogens is 246 g/mol. The zero-order valence-electron chi connectivity index (χ0n) is 12.1. The summed E-state index contributed by atoms with van der Waals surface area (Å²) >= 11 is 0. The molecule has 2 aromatic rings. The summed E-state index contributed by atoms with van der Waals surface area (Å²) in [6, 6.07) is 15.1. The van der Waals surface area contributed by atoms with E-state index in [0.29, 0.717) is 6.54 Å². The molecule has 3 heteroatoms. The molecule has 0 unspecified atom stereocenters. The number of hydrogen-bond acceptors (Lipinski definition) is 3. The molecule has 1 aliphatic rings. The number of hydrogen-bond donors (Lipinski definition) is 1. The SMILES string of the molecule is Cc1cc(CN)ccc1N1CCN(C)c2ccccc21. The van der Waals surface area contributed by atoms with Gasteiger partial charge in [-0.2, -0.15) is 0 Å². The minimum Gasteiger partial charge on any atom is -0.371 e. The summed E-state index contributed by atoms with van der Waals surface area (Å²) in [7, 11) is 2.15. The molecule has 104 valence electrons. The summed E-state index contributed by atoms with van der Waals surface area (Å²) in [5.41, 5.74) is 12.1. The van der Waals surface area contributed by atoms with Crippen molar-refractivity contribution in [3.8, 4) is 0 Å². The molecule has 1 heterocycles. The molecule has 3 nitrogen and oxygen atoms in total. The van der Waals surface area contributed by atoms with Gasteiger partial charge in [0.15, 0.2) is 0 Å². The van der Waals surface area contributed by atoms with Crippen molar-refractivity contribution >= 4 is 17.1 Å². The Labute approximate surface area is 120 Å². The Hall–Kier alpha value is -2.00. The first-order valence-electron chi connectivity index (χ1n) is 7.08. The molecule has 0 amide bonds. The lowest BCUT2D eigenvalue weighted by Gasteiger charge is -2.37. The van der Waals surface area contributed by atoms with Gasteiger partial charge in [0, 0.05) is 32.4 Å². The number of anilines is 3. The van der Waals surface area contributed by atoms with Crippen LogP contribution in [0.5, 0.6) is 0 Å². The summed E-state index contributed by atoms with van der Waals surface area (Å²) in [6.07, 6.45) is 0. The van der Waals surface area contributed by atoms with Crippen LogP contribution in [0.1, 0.15) is 11.1 Å². The van der Waals surface area contributed by atoms with Gasteiger partial charge in [-0.25, -0.2) is 0 Å². The first-order valence-corrected chi connectivity index (χ1v) is 7.08. The second-order valence-corrected chi connectivity index (χ2v) is 5.39. The molecule has 0 bridgehead atoms. The molecular formula is C17H21N3. The van der Waals surface area contributed by atoms with Gasteiger partial charge < -0.3 is 15.5 Å². The Morgan fingerprint density at radius 2 is 1.75 bits per heavy atom. The molecule has 3 rings (SSSR count). The van der Waals surface area contributed by atoms with Crippen LogP contribution in [0.25, 0.3) is 0 Å². The lowest BCUT2D eigenvalue weighted by atomic mass is 10.1. The number of nitrogens with zero attached hydrogens (tertiary/aromatic N) is 2. The van der Waals surface area contributed by atoms with E-state index in [1.165, 1.54) is 28.2 Å². The lowest BCUT2D eigenvalue weighted by Crippen LogP contribution is -2.36. The summed E-state index contributed by atoms with van der Waals surface area (Å²) in [5.74, 6) is 0. The van der Waals surface area contributed by atoms with Crippen LogP contribution in [0, 0.1) is 6.92 Å². The Balaban J connectivity index is 2.05. The number of fused-ring (bicyclic) bond motifs is 1. The highest BCUT2D eigenvalue weighted by atomic mass is 15.3. The lowest BCUT2D eigenvalue weighted by molar-refractivity contribution is 0.820. The Morgan fingerprint density at radius 1 is 1.00 bits per heavy atom. The minimum atomic E-state index is 0.598. The number of likely N-dealkylation sites (N-methyl/N-ethyl adjacent to an activating group) is 1. The van der Waals surface area contributed by atoms with Crippen molar-refractivity contribution in [3.63, 3.8) is 0 Å². The number of rotatable bonds is 2. The fourth-order valence-electron chi connectivity index (χ4n) is 2.90. The normalized spacial score (nSPS) is 14.3. The summed E-state index contributed by atoms with van der Waals surface area (Å²) in [5, 5.41) is 0. The zero-order valence-corrected chi connectivity index (χ0v) is 12.1. The van der Waals surface area contributed by atoms with Crippen molar-refractivity contribution in [2.24, 2.45) is 5.73 Å². The molecule has 0 aromatic heterocycles. The fourth-order valence-corrected chi connectivity index (χ4v) is 2.90. The smallest absolute Gasteiger partial charge is 0.0649 e. The predicted molar refractivity (Wildman–Crippen MR) is 85.8 cm³/mol. The van der Waals surface area contributed by atoms with Gasteiger partial charge >= 0.3 is 0 Å². The number of aryl methyl sites for hydroxylation is 1. The average molecular weight is 267 g/mol. The predicted octanol–water partition coefficient (Wildman–Crippen LogP) is 3.04. The molecule has 0 saturated heterocycles. The highest BCUT2D eigenvalue weighted by Crippen LogP contribution is 2.38. The second-order valence-electron chi connectivity index (χ2n) is 5.39. The van der Waals surface area contributed by atoms with Gasteiger partial charge in [-0.05, 0) is 36.2 Å². The van der Waals surface area contributed by atoms with Crippen molar-refractivity contribution in [2.45, 2.75) is 13.5 Å². The van der Waals surface area contributed by atoms with Gasteiger partial charge in [-0.15, -0.1) is 0 Å². The highest BCUT2D eigenvalue weighted by molar-refractivity contribution is 5.80. The van der Waals surface area contributed by atoms with Crippen LogP contribution in [0.3, 0.4) is 0 Å². The van der Waals surface area contributed by atoms with Crippen molar-refractivity contribution in [2.75, 3.05) is 29.9 Å². The van der Waals surface area contributed by atoms with Gasteiger partial charge in [-0.1, -0.05) is 24.3 Å². The Morgan fingerprint density at radius 3 is 2.45 bits per heavy atom. The number of nitrogens with two attached hydrogens (primary N) is 1. The summed E-state index contributed by atoms with van der Waals surface area (Å²) < 4.78 is 0. The van der Waals surface area contributed by atoms with E-state index in [2.05, 4.69) is 66.2 Å². The average Bonchev–Trinajstić information content (AvgIpc) is 2.48. The van der Waals surface area contributed by atoms with Crippen LogP contribution in [-0.2, 0) is 6.54 Å². The van der Waals surface area contributed by atoms with Gasteiger partial charge in [0.1, 0.15) is 0 Å². The maximum absolute atomic E-state index is 5.72. The molecule has 0 radical (unpaired) electrons. The van der Waals surface area contributed by atoms with Gasteiger partial charge in [0.05, 0.1) is 11.4 Å². The van der Waals surface area contributed by atoms with Crippen LogP contribution in [-0.4, -0.2) is 20.1 Å². The molecule has 0 atom stereocenters. The van der Waals surface area contributed by atoms with Crippen LogP contribution in [0.15, 0.2) is 42.5 Å². The van der Waals surface area contributed by atoms with E-state index in [9.17, 15) is 0 Å². The first-order chi connectivity index (χ1) is 9.70. The van der Waals surface area contributed by atoms with Crippen molar-refractivity contribution in [3.05, 3.63) is 53.6 Å². The third kappa shape index (κ3) is 2.14. The monoisotopic (exact) mass is 267 g/mol. The molecule has 2 N–H and O–H groups in total. The van der Waals surface area contributed by atoms with Crippen LogP contribution >= 0.6 is 0 Å². The topological polar surface area (TPSA) is 32.5 Å². The molecule has 0 spiro atoms. The maximum Gasteiger partial charge on any atom is 0.0649 e. The maximum atomic E-state index is 5.72. The quantitative estimate of drug-likeness (QED) is 0.907. The third-order valence-corrected chi connectivity index (χ3v) is 4.03. The Bertz CT molecular complexity index is 621. The van der Waals surface area contributed by atoms with E-state index in [1.807, 2.05) is 0 Å². The molecule has 0 fully saturated rings. The van der Waals surface area contributed by atoms with E-state index >= 15 is 0 Å². The van der Waals surface area contributed by atoms with Gasteiger partial charge in [-0.3, -0.25) is 0 Å². The van der Waals surface area contributed by atoms with E-state index < -0.39 is 0 Å². The van der Waals surface area contributed by atoms with Crippen molar-refractivity contribution in [1.82, 2.24) is 0 Å². The fraction of sp³-hybridized carbons (Fsp3) is 0.294. The third-order valence-electron chi connectivity index (χ3n) is 4.03. The zero-order chi connectivity index (χ0) is 14.1. The molecule has 0 aliphatic carbocycles. The van der Waals surface area contributed by atoms with Gasteiger partial charge in [0.2, 0.25) is 0 Å². The molecule has 0 saturated carbocycles.